The van der Waals surface area contributed by atoms with E-state index in [1.807, 2.05) is 0 Å². The monoisotopic (exact) mass is 453 g/mol. The number of hydrogen-bond donors (Lipinski definition) is 3. The third-order valence-electron chi connectivity index (χ3n) is 4.58. The predicted octanol–water partition coefficient (Wildman–Crippen LogP) is 2.01. The van der Waals surface area contributed by atoms with Crippen molar-refractivity contribution < 1.29 is 27.9 Å². The highest BCUT2D eigenvalue weighted by atomic mass is 32.1. The molecule has 158 valence electrons. The number of halogens is 1. The first-order valence-electron chi connectivity index (χ1n) is 8.83. The summed E-state index contributed by atoms with van der Waals surface area (Å²) >= 11 is 4.10. The molecule has 1 aliphatic rings. The molecule has 0 saturated carbocycles. The summed E-state index contributed by atoms with van der Waals surface area (Å²) in [7, 11) is -3.37. The number of fused-ring (bicyclic) bond motifs is 1. The van der Waals surface area contributed by atoms with Crippen molar-refractivity contribution in [3.05, 3.63) is 48.5 Å². The van der Waals surface area contributed by atoms with Crippen LogP contribution in [0.2, 0.25) is 0 Å². The SMILES string of the molecule is O=C(Nc1ncnc2c1ncn2[C@@H]1O[C@H](CS)[C@@H](O[PH](=O)O)[C@H]1F)c1ccccc1. The maximum absolute atomic E-state index is 15.0. The van der Waals surface area contributed by atoms with E-state index in [1.165, 1.54) is 17.2 Å². The van der Waals surface area contributed by atoms with Crippen molar-refractivity contribution >= 4 is 43.8 Å². The molecule has 13 heteroatoms. The molecule has 1 aromatic carbocycles. The van der Waals surface area contributed by atoms with Crippen LogP contribution in [0.1, 0.15) is 16.6 Å². The minimum atomic E-state index is -3.37. The van der Waals surface area contributed by atoms with E-state index in [4.69, 9.17) is 14.2 Å². The number of hydrogen-bond acceptors (Lipinski definition) is 8. The second-order valence-electron chi connectivity index (χ2n) is 6.41. The molecule has 10 nitrogen and oxygen atoms in total. The number of anilines is 1. The molecule has 3 heterocycles. The van der Waals surface area contributed by atoms with Crippen LogP contribution in [0, 0.1) is 0 Å². The molecular formula is C17H17FN5O5PS. The fourth-order valence-corrected chi connectivity index (χ4v) is 4.03. The third kappa shape index (κ3) is 3.96. The summed E-state index contributed by atoms with van der Waals surface area (Å²) in [5.41, 5.74) is 0.888. The lowest BCUT2D eigenvalue weighted by Gasteiger charge is -2.16. The number of ether oxygens (including phenoxy) is 1. The summed E-state index contributed by atoms with van der Waals surface area (Å²) < 4.78 is 37.9. The molecule has 1 amide bonds. The topological polar surface area (TPSA) is 128 Å². The van der Waals surface area contributed by atoms with Crippen molar-refractivity contribution in [1.82, 2.24) is 19.5 Å². The molecular weight excluding hydrogens is 436 g/mol. The number of imidazole rings is 1. The Morgan fingerprint density at radius 3 is 2.80 bits per heavy atom. The van der Waals surface area contributed by atoms with Crippen molar-refractivity contribution in [2.45, 2.75) is 24.6 Å². The largest absolute Gasteiger partial charge is 0.348 e. The van der Waals surface area contributed by atoms with Crippen molar-refractivity contribution in [1.29, 1.82) is 0 Å². The van der Waals surface area contributed by atoms with Gasteiger partial charge in [-0.15, -0.1) is 0 Å². The Bertz CT molecular complexity index is 1090. The lowest BCUT2D eigenvalue weighted by molar-refractivity contribution is -0.0105. The quantitative estimate of drug-likeness (QED) is 0.382. The normalized spacial score (nSPS) is 24.8. The average Bonchev–Trinajstić information content (AvgIpc) is 3.30. The van der Waals surface area contributed by atoms with Gasteiger partial charge in [-0.3, -0.25) is 13.9 Å². The number of carbonyl (C=O) groups excluding carboxylic acids is 1. The van der Waals surface area contributed by atoms with Gasteiger partial charge in [0.25, 0.3) is 5.91 Å². The minimum Gasteiger partial charge on any atom is -0.348 e. The van der Waals surface area contributed by atoms with Crippen molar-refractivity contribution in [3.63, 3.8) is 0 Å². The van der Waals surface area contributed by atoms with Crippen molar-refractivity contribution in [2.24, 2.45) is 0 Å². The van der Waals surface area contributed by atoms with Gasteiger partial charge in [0, 0.05) is 11.3 Å². The van der Waals surface area contributed by atoms with Crippen LogP contribution in [0.4, 0.5) is 10.2 Å². The Morgan fingerprint density at radius 2 is 2.10 bits per heavy atom. The Morgan fingerprint density at radius 1 is 1.33 bits per heavy atom. The van der Waals surface area contributed by atoms with Crippen LogP contribution in [-0.2, 0) is 13.8 Å². The summed E-state index contributed by atoms with van der Waals surface area (Å²) in [5.74, 6) is -0.154. The first-order valence-corrected chi connectivity index (χ1v) is 10.7. The molecule has 0 bridgehead atoms. The second-order valence-corrected chi connectivity index (χ2v) is 7.54. The molecule has 1 saturated heterocycles. The molecule has 1 aliphatic heterocycles. The molecule has 0 radical (unpaired) electrons. The molecule has 2 N–H and O–H groups in total. The Labute approximate surface area is 175 Å². The number of nitrogens with zero attached hydrogens (tertiary/aromatic N) is 4. The maximum atomic E-state index is 15.0. The molecule has 4 rings (SSSR count). The van der Waals surface area contributed by atoms with Gasteiger partial charge in [-0.1, -0.05) is 18.2 Å². The smallest absolute Gasteiger partial charge is 0.317 e. The van der Waals surface area contributed by atoms with Gasteiger partial charge in [-0.25, -0.2) is 19.3 Å². The highest BCUT2D eigenvalue weighted by molar-refractivity contribution is 7.80. The first-order chi connectivity index (χ1) is 14.5. The van der Waals surface area contributed by atoms with E-state index in [1.54, 1.807) is 30.3 Å². The average molecular weight is 453 g/mol. The molecule has 30 heavy (non-hydrogen) atoms. The zero-order valence-electron chi connectivity index (χ0n) is 15.3. The van der Waals surface area contributed by atoms with Gasteiger partial charge in [-0.05, 0) is 12.1 Å². The van der Waals surface area contributed by atoms with E-state index in [9.17, 15) is 13.8 Å². The minimum absolute atomic E-state index is 0.0801. The summed E-state index contributed by atoms with van der Waals surface area (Å²) in [6.45, 7) is 0. The summed E-state index contributed by atoms with van der Waals surface area (Å²) in [5, 5.41) is 2.66. The van der Waals surface area contributed by atoms with E-state index < -0.39 is 32.9 Å². The van der Waals surface area contributed by atoms with Gasteiger partial charge in [0.15, 0.2) is 29.4 Å². The van der Waals surface area contributed by atoms with Crippen LogP contribution in [0.25, 0.3) is 11.2 Å². The zero-order chi connectivity index (χ0) is 21.3. The third-order valence-corrected chi connectivity index (χ3v) is 5.42. The first kappa shape index (κ1) is 20.9. The van der Waals surface area contributed by atoms with Gasteiger partial charge in [-0.2, -0.15) is 12.6 Å². The number of benzene rings is 1. The van der Waals surface area contributed by atoms with E-state index in [0.29, 0.717) is 5.56 Å². The van der Waals surface area contributed by atoms with Gasteiger partial charge in [0.1, 0.15) is 12.4 Å². The number of nitrogens with one attached hydrogen (secondary N) is 1. The van der Waals surface area contributed by atoms with Crippen LogP contribution in [-0.4, -0.2) is 54.5 Å². The summed E-state index contributed by atoms with van der Waals surface area (Å²) in [6.07, 6.45) is -2.57. The van der Waals surface area contributed by atoms with Gasteiger partial charge in [0.2, 0.25) is 0 Å². The number of carbonyl (C=O) groups is 1. The molecule has 2 aromatic heterocycles. The molecule has 5 atom stereocenters. The molecule has 0 spiro atoms. The van der Waals surface area contributed by atoms with Crippen LogP contribution >= 0.6 is 20.9 Å². The fraction of sp³-hybridized carbons (Fsp3) is 0.294. The van der Waals surface area contributed by atoms with E-state index in [-0.39, 0.29) is 28.6 Å². The number of alkyl halides is 1. The summed E-state index contributed by atoms with van der Waals surface area (Å²) in [6, 6.07) is 8.55. The molecule has 1 fully saturated rings. The molecule has 0 aliphatic carbocycles. The highest BCUT2D eigenvalue weighted by Crippen LogP contribution is 2.39. The number of rotatable bonds is 6. The zero-order valence-corrected chi connectivity index (χ0v) is 17.1. The standard InChI is InChI=1S/C17H17FN5O5PS/c18-11-13(28-29(25)26)10(6-30)27-17(11)23-8-21-12-14(19-7-20-15(12)23)22-16(24)9-4-2-1-3-5-9/h1-5,7-8,10-11,13,17,29-30H,6H2,(H,25,26)(H,19,20,22,24)/t10-,11-,13-,17-/m1/s1. The van der Waals surface area contributed by atoms with E-state index in [2.05, 4.69) is 32.9 Å². The lowest BCUT2D eigenvalue weighted by atomic mass is 10.2. The predicted molar refractivity (Wildman–Crippen MR) is 108 cm³/mol. The molecule has 1 unspecified atom stereocenters. The Kier molecular flexibility index (Phi) is 6.11. The number of amides is 1. The number of thiol groups is 1. The van der Waals surface area contributed by atoms with E-state index >= 15 is 0 Å². The van der Waals surface area contributed by atoms with Crippen LogP contribution in [0.5, 0.6) is 0 Å². The maximum Gasteiger partial charge on any atom is 0.317 e. The summed E-state index contributed by atoms with van der Waals surface area (Å²) in [4.78, 5) is 33.9. The van der Waals surface area contributed by atoms with Crippen molar-refractivity contribution in [3.8, 4) is 0 Å². The van der Waals surface area contributed by atoms with Crippen LogP contribution in [0.3, 0.4) is 0 Å². The van der Waals surface area contributed by atoms with Crippen molar-refractivity contribution in [2.75, 3.05) is 11.1 Å². The Balaban J connectivity index is 1.63. The second kappa shape index (κ2) is 8.78. The molecule has 3 aromatic rings. The van der Waals surface area contributed by atoms with E-state index in [0.717, 1.165) is 0 Å². The highest BCUT2D eigenvalue weighted by Gasteiger charge is 2.47. The van der Waals surface area contributed by atoms with Crippen LogP contribution < -0.4 is 5.32 Å². The van der Waals surface area contributed by atoms with Gasteiger partial charge >= 0.3 is 8.25 Å². The van der Waals surface area contributed by atoms with Crippen LogP contribution in [0.15, 0.2) is 43.0 Å². The number of aromatic nitrogens is 4. The lowest BCUT2D eigenvalue weighted by Crippen LogP contribution is -2.31. The van der Waals surface area contributed by atoms with Gasteiger partial charge in [0.05, 0.1) is 12.4 Å². The fourth-order valence-electron chi connectivity index (χ4n) is 3.22. The Hall–Kier alpha value is -2.37. The van der Waals surface area contributed by atoms with Gasteiger partial charge < -0.3 is 19.5 Å².